The third-order valence-electron chi connectivity index (χ3n) is 3.91. The molecule has 3 heterocycles. The zero-order chi connectivity index (χ0) is 17.5. The van der Waals surface area contributed by atoms with Gasteiger partial charge in [-0.3, -0.25) is 4.79 Å². The fourth-order valence-corrected chi connectivity index (χ4v) is 3.42. The van der Waals surface area contributed by atoms with Crippen molar-refractivity contribution < 1.29 is 4.79 Å². The van der Waals surface area contributed by atoms with Gasteiger partial charge in [0.1, 0.15) is 10.5 Å². The van der Waals surface area contributed by atoms with Crippen molar-refractivity contribution in [3.63, 3.8) is 0 Å². The molecule has 3 rings (SSSR count). The molecule has 3 aromatic heterocycles. The molecule has 0 bridgehead atoms. The molecule has 0 aromatic carbocycles. The molecule has 1 amide bonds. The van der Waals surface area contributed by atoms with Crippen LogP contribution in [0.3, 0.4) is 0 Å². The van der Waals surface area contributed by atoms with E-state index in [9.17, 15) is 4.79 Å². The van der Waals surface area contributed by atoms with Crippen molar-refractivity contribution in [3.8, 4) is 0 Å². The van der Waals surface area contributed by atoms with E-state index in [-0.39, 0.29) is 5.91 Å². The molecule has 3 aromatic rings. The maximum Gasteiger partial charge on any atom is 0.263 e. The van der Waals surface area contributed by atoms with Crippen molar-refractivity contribution in [2.75, 3.05) is 25.0 Å². The predicted molar refractivity (Wildman–Crippen MR) is 103 cm³/mol. The molecule has 132 valence electrons. The summed E-state index contributed by atoms with van der Waals surface area (Å²) in [6.45, 7) is 5.16. The number of rotatable bonds is 9. The Morgan fingerprint density at radius 1 is 1.24 bits per heavy atom. The summed E-state index contributed by atoms with van der Waals surface area (Å²) in [4.78, 5) is 20.5. The Kier molecular flexibility index (Phi) is 6.03. The van der Waals surface area contributed by atoms with E-state index in [1.165, 1.54) is 11.3 Å². The first-order valence-corrected chi connectivity index (χ1v) is 9.38. The molecule has 4 N–H and O–H groups in total. The lowest BCUT2D eigenvalue weighted by molar-refractivity contribution is 0.0958. The first-order valence-electron chi connectivity index (χ1n) is 8.51. The van der Waals surface area contributed by atoms with Crippen LogP contribution >= 0.6 is 11.3 Å². The topological polar surface area (TPSA) is 81.8 Å². The summed E-state index contributed by atoms with van der Waals surface area (Å²) in [5.41, 5.74) is 2.89. The van der Waals surface area contributed by atoms with Crippen molar-refractivity contribution in [1.29, 1.82) is 0 Å². The van der Waals surface area contributed by atoms with Crippen molar-refractivity contribution >= 4 is 34.0 Å². The minimum absolute atomic E-state index is 0.0303. The van der Waals surface area contributed by atoms with Gasteiger partial charge in [-0.15, -0.1) is 11.3 Å². The molecule has 0 fully saturated rings. The van der Waals surface area contributed by atoms with Crippen molar-refractivity contribution in [2.24, 2.45) is 0 Å². The van der Waals surface area contributed by atoms with Crippen molar-refractivity contribution in [2.45, 2.75) is 19.9 Å². The van der Waals surface area contributed by atoms with Crippen LogP contribution in [0.1, 0.15) is 28.6 Å². The molecular formula is C18H23N5OS. The number of carbonyl (C=O) groups is 1. The lowest BCUT2D eigenvalue weighted by Gasteiger charge is -2.09. The molecule has 7 heteroatoms. The highest BCUT2D eigenvalue weighted by Gasteiger charge is 2.13. The lowest BCUT2D eigenvalue weighted by Crippen LogP contribution is -2.32. The van der Waals surface area contributed by atoms with E-state index in [0.717, 1.165) is 46.7 Å². The number of thiophene rings is 1. The van der Waals surface area contributed by atoms with Gasteiger partial charge in [-0.25, -0.2) is 4.98 Å². The van der Waals surface area contributed by atoms with E-state index in [2.05, 4.69) is 32.8 Å². The first kappa shape index (κ1) is 17.4. The number of amides is 1. The number of fused-ring (bicyclic) bond motifs is 1. The molecule has 6 nitrogen and oxygen atoms in total. The summed E-state index contributed by atoms with van der Waals surface area (Å²) >= 11 is 1.45. The van der Waals surface area contributed by atoms with Crippen molar-refractivity contribution in [3.05, 3.63) is 46.4 Å². The van der Waals surface area contributed by atoms with E-state index >= 15 is 0 Å². The summed E-state index contributed by atoms with van der Waals surface area (Å²) in [5.74, 6) is -0.0303. The number of aromatic nitrogens is 2. The smallest absolute Gasteiger partial charge is 0.263 e. The van der Waals surface area contributed by atoms with Crippen LogP contribution in [0, 0.1) is 0 Å². The van der Waals surface area contributed by atoms with Gasteiger partial charge in [-0.05, 0) is 42.1 Å². The Morgan fingerprint density at radius 3 is 3.04 bits per heavy atom. The van der Waals surface area contributed by atoms with E-state index in [1.807, 2.05) is 29.8 Å². The summed E-state index contributed by atoms with van der Waals surface area (Å²) in [6.07, 6.45) is 4.77. The number of nitrogens with zero attached hydrogens (tertiary/aromatic N) is 1. The first-order chi connectivity index (χ1) is 12.3. The fourth-order valence-electron chi connectivity index (χ4n) is 2.63. The number of pyridine rings is 1. The zero-order valence-corrected chi connectivity index (χ0v) is 15.1. The number of nitrogens with one attached hydrogen (secondary N) is 4. The Morgan fingerprint density at radius 2 is 2.16 bits per heavy atom. The van der Waals surface area contributed by atoms with Gasteiger partial charge in [-0.1, -0.05) is 6.92 Å². The van der Waals surface area contributed by atoms with E-state index in [4.69, 9.17) is 0 Å². The average molecular weight is 357 g/mol. The maximum absolute atomic E-state index is 12.4. The van der Waals surface area contributed by atoms with Gasteiger partial charge in [0.15, 0.2) is 0 Å². The predicted octanol–water partition coefficient (Wildman–Crippen LogP) is 2.97. The highest BCUT2D eigenvalue weighted by atomic mass is 32.1. The van der Waals surface area contributed by atoms with Gasteiger partial charge in [0.2, 0.25) is 0 Å². The summed E-state index contributed by atoms with van der Waals surface area (Å²) in [5, 5.41) is 12.6. The minimum Gasteiger partial charge on any atom is -0.380 e. The van der Waals surface area contributed by atoms with Crippen LogP contribution in [-0.4, -0.2) is 35.5 Å². The molecule has 0 atom stereocenters. The average Bonchev–Trinajstić information content (AvgIpc) is 3.28. The Bertz CT molecular complexity index is 826. The van der Waals surface area contributed by atoms with Crippen LogP contribution < -0.4 is 16.0 Å². The molecule has 0 radical (unpaired) electrons. The second-order valence-corrected chi connectivity index (χ2v) is 6.65. The number of hydrogen-bond donors (Lipinski definition) is 4. The molecule has 0 aliphatic carbocycles. The number of H-pyrrole nitrogens is 1. The van der Waals surface area contributed by atoms with E-state index in [1.54, 1.807) is 6.20 Å². The quantitative estimate of drug-likeness (QED) is 0.444. The number of carbonyl (C=O) groups excluding carboxylic acids is 1. The van der Waals surface area contributed by atoms with Crippen LogP contribution in [-0.2, 0) is 6.54 Å². The van der Waals surface area contributed by atoms with Gasteiger partial charge in [-0.2, -0.15) is 0 Å². The molecule has 0 aliphatic rings. The van der Waals surface area contributed by atoms with E-state index in [0.29, 0.717) is 13.1 Å². The standard InChI is InChI=1S/C18H23N5OS/c1-2-6-19-9-10-22-18(24)16-15(5-11-25-16)23-12-13-3-7-20-17-14(13)4-8-21-17/h3-5,7-8,11,19,23H,2,6,9-10,12H2,1H3,(H,20,21)(H,22,24). The minimum atomic E-state index is -0.0303. The van der Waals surface area contributed by atoms with Gasteiger partial charge in [0, 0.05) is 37.4 Å². The van der Waals surface area contributed by atoms with Crippen LogP contribution in [0.25, 0.3) is 11.0 Å². The Balaban J connectivity index is 1.58. The zero-order valence-electron chi connectivity index (χ0n) is 14.3. The molecule has 0 aliphatic heterocycles. The molecule has 0 saturated heterocycles. The highest BCUT2D eigenvalue weighted by molar-refractivity contribution is 7.12. The third kappa shape index (κ3) is 4.37. The van der Waals surface area contributed by atoms with Crippen molar-refractivity contribution in [1.82, 2.24) is 20.6 Å². The third-order valence-corrected chi connectivity index (χ3v) is 4.82. The summed E-state index contributed by atoms with van der Waals surface area (Å²) in [6, 6.07) is 5.96. The molecule has 0 unspecified atom stereocenters. The SMILES string of the molecule is CCCNCCNC(=O)c1sccc1NCc1ccnc2[nH]ccc12. The number of anilines is 1. The maximum atomic E-state index is 12.4. The molecule has 0 spiro atoms. The van der Waals surface area contributed by atoms with Gasteiger partial charge in [0.25, 0.3) is 5.91 Å². The van der Waals surface area contributed by atoms with Crippen LogP contribution in [0.4, 0.5) is 5.69 Å². The van der Waals surface area contributed by atoms with Crippen LogP contribution in [0.5, 0.6) is 0 Å². The second kappa shape index (κ2) is 8.64. The second-order valence-electron chi connectivity index (χ2n) is 5.73. The van der Waals surface area contributed by atoms with Crippen LogP contribution in [0.15, 0.2) is 36.0 Å². The highest BCUT2D eigenvalue weighted by Crippen LogP contribution is 2.24. The number of hydrogen-bond acceptors (Lipinski definition) is 5. The number of aromatic amines is 1. The van der Waals surface area contributed by atoms with Gasteiger partial charge >= 0.3 is 0 Å². The fraction of sp³-hybridized carbons (Fsp3) is 0.333. The van der Waals surface area contributed by atoms with Gasteiger partial charge in [0.05, 0.1) is 5.69 Å². The normalized spacial score (nSPS) is 10.9. The van der Waals surface area contributed by atoms with Crippen LogP contribution in [0.2, 0.25) is 0 Å². The molecule has 0 saturated carbocycles. The Labute approximate surface area is 151 Å². The lowest BCUT2D eigenvalue weighted by atomic mass is 10.2. The summed E-state index contributed by atoms with van der Waals surface area (Å²) in [7, 11) is 0. The molecule has 25 heavy (non-hydrogen) atoms. The summed E-state index contributed by atoms with van der Waals surface area (Å²) < 4.78 is 0. The monoisotopic (exact) mass is 357 g/mol. The largest absolute Gasteiger partial charge is 0.380 e. The van der Waals surface area contributed by atoms with E-state index < -0.39 is 0 Å². The Hall–Kier alpha value is -2.38. The van der Waals surface area contributed by atoms with Gasteiger partial charge < -0.3 is 20.9 Å². The molecular weight excluding hydrogens is 334 g/mol.